The lowest BCUT2D eigenvalue weighted by molar-refractivity contribution is 0.0747. The van der Waals surface area contributed by atoms with Crippen LogP contribution in [0.25, 0.3) is 0 Å². The Balaban J connectivity index is 1.67. The van der Waals surface area contributed by atoms with E-state index in [0.29, 0.717) is 0 Å². The molecule has 2 aromatic rings. The Bertz CT molecular complexity index is 704. The number of halogens is 1. The van der Waals surface area contributed by atoms with E-state index < -0.39 is 0 Å². The van der Waals surface area contributed by atoms with Gasteiger partial charge in [-0.1, -0.05) is 35.4 Å². The van der Waals surface area contributed by atoms with E-state index in [0.717, 1.165) is 36.8 Å². The van der Waals surface area contributed by atoms with Crippen LogP contribution >= 0.6 is 11.6 Å². The Morgan fingerprint density at radius 2 is 1.61 bits per heavy atom. The molecule has 1 aliphatic rings. The Hall–Kier alpha value is -2.00. The summed E-state index contributed by atoms with van der Waals surface area (Å²) in [6, 6.07) is 13.8. The standard InChI is InChI=1S/C19H21ClN2O/c1-14-3-6-16(7-4-14)19(23)22-11-9-21(10-12-22)18-13-17(20)8-5-15(18)2/h3-8,13H,9-12H2,1-2H3. The molecule has 1 heterocycles. The summed E-state index contributed by atoms with van der Waals surface area (Å²) < 4.78 is 0. The molecule has 1 fully saturated rings. The second kappa shape index (κ2) is 6.63. The zero-order chi connectivity index (χ0) is 16.4. The monoisotopic (exact) mass is 328 g/mol. The minimum Gasteiger partial charge on any atom is -0.368 e. The van der Waals surface area contributed by atoms with E-state index >= 15 is 0 Å². The maximum absolute atomic E-state index is 12.6. The summed E-state index contributed by atoms with van der Waals surface area (Å²) in [7, 11) is 0. The van der Waals surface area contributed by atoms with Crippen molar-refractivity contribution in [2.75, 3.05) is 31.1 Å². The zero-order valence-electron chi connectivity index (χ0n) is 13.6. The molecule has 23 heavy (non-hydrogen) atoms. The fraction of sp³-hybridized carbons (Fsp3) is 0.316. The number of amides is 1. The zero-order valence-corrected chi connectivity index (χ0v) is 14.3. The molecule has 0 saturated carbocycles. The van der Waals surface area contributed by atoms with Gasteiger partial charge in [0.15, 0.2) is 0 Å². The van der Waals surface area contributed by atoms with Gasteiger partial charge in [0.25, 0.3) is 5.91 Å². The molecule has 3 nitrogen and oxygen atoms in total. The van der Waals surface area contributed by atoms with Crippen molar-refractivity contribution in [2.24, 2.45) is 0 Å². The van der Waals surface area contributed by atoms with Crippen LogP contribution in [0.4, 0.5) is 5.69 Å². The van der Waals surface area contributed by atoms with Crippen LogP contribution in [0.2, 0.25) is 5.02 Å². The van der Waals surface area contributed by atoms with E-state index in [-0.39, 0.29) is 5.91 Å². The van der Waals surface area contributed by atoms with Crippen LogP contribution in [0.5, 0.6) is 0 Å². The summed E-state index contributed by atoms with van der Waals surface area (Å²) in [4.78, 5) is 16.8. The molecule has 1 saturated heterocycles. The molecule has 0 atom stereocenters. The average molecular weight is 329 g/mol. The second-order valence-corrected chi connectivity index (χ2v) is 6.51. The maximum Gasteiger partial charge on any atom is 0.253 e. The van der Waals surface area contributed by atoms with Gasteiger partial charge in [-0.2, -0.15) is 0 Å². The summed E-state index contributed by atoms with van der Waals surface area (Å²) in [5.41, 5.74) is 4.32. The molecule has 0 spiro atoms. The van der Waals surface area contributed by atoms with E-state index in [1.807, 2.05) is 54.3 Å². The first-order valence-corrected chi connectivity index (χ1v) is 8.29. The van der Waals surface area contributed by atoms with Crippen LogP contribution in [0.1, 0.15) is 21.5 Å². The molecular formula is C19H21ClN2O. The molecule has 0 unspecified atom stereocenters. The van der Waals surface area contributed by atoms with Gasteiger partial charge in [0.1, 0.15) is 0 Å². The van der Waals surface area contributed by atoms with Gasteiger partial charge in [-0.3, -0.25) is 4.79 Å². The highest BCUT2D eigenvalue weighted by Crippen LogP contribution is 2.25. The third-order valence-electron chi connectivity index (χ3n) is 4.38. The Kier molecular flexibility index (Phi) is 4.58. The molecule has 0 N–H and O–H groups in total. The predicted octanol–water partition coefficient (Wildman–Crippen LogP) is 3.92. The largest absolute Gasteiger partial charge is 0.368 e. The SMILES string of the molecule is Cc1ccc(C(=O)N2CCN(c3cc(Cl)ccc3C)CC2)cc1. The van der Waals surface area contributed by atoms with E-state index in [1.54, 1.807) is 0 Å². The lowest BCUT2D eigenvalue weighted by Crippen LogP contribution is -2.49. The highest BCUT2D eigenvalue weighted by molar-refractivity contribution is 6.30. The minimum atomic E-state index is 0.118. The van der Waals surface area contributed by atoms with Gasteiger partial charge >= 0.3 is 0 Å². The number of aryl methyl sites for hydroxylation is 2. The summed E-state index contributed by atoms with van der Waals surface area (Å²) in [6.45, 7) is 7.25. The highest BCUT2D eigenvalue weighted by Gasteiger charge is 2.23. The van der Waals surface area contributed by atoms with Crippen molar-refractivity contribution in [3.05, 3.63) is 64.2 Å². The molecular weight excluding hydrogens is 308 g/mol. The lowest BCUT2D eigenvalue weighted by Gasteiger charge is -2.37. The molecule has 2 aromatic carbocycles. The first-order chi connectivity index (χ1) is 11.0. The first-order valence-electron chi connectivity index (χ1n) is 7.91. The molecule has 0 bridgehead atoms. The smallest absolute Gasteiger partial charge is 0.253 e. The third-order valence-corrected chi connectivity index (χ3v) is 4.61. The third kappa shape index (κ3) is 3.50. The number of piperazine rings is 1. The number of hydrogen-bond donors (Lipinski definition) is 0. The van der Waals surface area contributed by atoms with E-state index in [4.69, 9.17) is 11.6 Å². The number of carbonyl (C=O) groups is 1. The fourth-order valence-electron chi connectivity index (χ4n) is 2.95. The van der Waals surface area contributed by atoms with Crippen LogP contribution in [-0.4, -0.2) is 37.0 Å². The molecule has 3 rings (SSSR count). The molecule has 1 aliphatic heterocycles. The van der Waals surface area contributed by atoms with Gasteiger partial charge < -0.3 is 9.80 Å². The van der Waals surface area contributed by atoms with Crippen molar-refractivity contribution < 1.29 is 4.79 Å². The Labute approximate surface area is 142 Å². The number of nitrogens with zero attached hydrogens (tertiary/aromatic N) is 2. The van der Waals surface area contributed by atoms with Crippen molar-refractivity contribution in [3.8, 4) is 0 Å². The highest BCUT2D eigenvalue weighted by atomic mass is 35.5. The first kappa shape index (κ1) is 15.9. The molecule has 0 aliphatic carbocycles. The topological polar surface area (TPSA) is 23.6 Å². The molecule has 0 aromatic heterocycles. The Morgan fingerprint density at radius 3 is 2.26 bits per heavy atom. The number of benzene rings is 2. The number of rotatable bonds is 2. The van der Waals surface area contributed by atoms with Gasteiger partial charge in [0.2, 0.25) is 0 Å². The minimum absolute atomic E-state index is 0.118. The van der Waals surface area contributed by atoms with Crippen molar-refractivity contribution >= 4 is 23.2 Å². The summed E-state index contributed by atoms with van der Waals surface area (Å²) in [6.07, 6.45) is 0. The quantitative estimate of drug-likeness (QED) is 0.834. The van der Waals surface area contributed by atoms with E-state index in [2.05, 4.69) is 11.8 Å². The van der Waals surface area contributed by atoms with Gasteiger partial charge in [0.05, 0.1) is 0 Å². The molecule has 120 valence electrons. The van der Waals surface area contributed by atoms with Crippen LogP contribution < -0.4 is 4.90 Å². The normalized spacial score (nSPS) is 14.9. The number of carbonyl (C=O) groups excluding carboxylic acids is 1. The maximum atomic E-state index is 12.6. The van der Waals surface area contributed by atoms with Crippen LogP contribution in [0, 0.1) is 13.8 Å². The molecule has 4 heteroatoms. The lowest BCUT2D eigenvalue weighted by atomic mass is 10.1. The summed E-state index contributed by atoms with van der Waals surface area (Å²) in [5.74, 6) is 0.118. The summed E-state index contributed by atoms with van der Waals surface area (Å²) in [5, 5.41) is 0.753. The average Bonchev–Trinajstić information content (AvgIpc) is 2.57. The van der Waals surface area contributed by atoms with Crippen LogP contribution in [-0.2, 0) is 0 Å². The fourth-order valence-corrected chi connectivity index (χ4v) is 3.12. The van der Waals surface area contributed by atoms with Gasteiger partial charge in [-0.25, -0.2) is 0 Å². The van der Waals surface area contributed by atoms with Gasteiger partial charge in [-0.05, 0) is 43.7 Å². The Morgan fingerprint density at radius 1 is 0.957 bits per heavy atom. The van der Waals surface area contributed by atoms with Crippen LogP contribution in [0.15, 0.2) is 42.5 Å². The van der Waals surface area contributed by atoms with Gasteiger partial charge in [-0.15, -0.1) is 0 Å². The number of anilines is 1. The van der Waals surface area contributed by atoms with Crippen molar-refractivity contribution in [1.82, 2.24) is 4.90 Å². The van der Waals surface area contributed by atoms with Crippen molar-refractivity contribution in [3.63, 3.8) is 0 Å². The molecule has 0 radical (unpaired) electrons. The predicted molar refractivity (Wildman–Crippen MR) is 95.5 cm³/mol. The van der Waals surface area contributed by atoms with Crippen molar-refractivity contribution in [1.29, 1.82) is 0 Å². The summed E-state index contributed by atoms with van der Waals surface area (Å²) >= 11 is 6.12. The molecule has 1 amide bonds. The van der Waals surface area contributed by atoms with Crippen LogP contribution in [0.3, 0.4) is 0 Å². The second-order valence-electron chi connectivity index (χ2n) is 6.08. The number of hydrogen-bond acceptors (Lipinski definition) is 2. The van der Waals surface area contributed by atoms with E-state index in [1.165, 1.54) is 16.8 Å². The van der Waals surface area contributed by atoms with E-state index in [9.17, 15) is 4.79 Å². The van der Waals surface area contributed by atoms with Crippen molar-refractivity contribution in [2.45, 2.75) is 13.8 Å². The van der Waals surface area contributed by atoms with Gasteiger partial charge in [0, 0.05) is 42.5 Å².